The van der Waals surface area contributed by atoms with Gasteiger partial charge in [-0.3, -0.25) is 4.90 Å². The van der Waals surface area contributed by atoms with Crippen LogP contribution in [0.2, 0.25) is 0 Å². The Bertz CT molecular complexity index is 586. The molecule has 0 spiro atoms. The molecule has 0 bridgehead atoms. The molecule has 1 atom stereocenters. The quantitative estimate of drug-likeness (QED) is 0.941. The smallest absolute Gasteiger partial charge is 0.108 e. The lowest BCUT2D eigenvalue weighted by atomic mass is 9.91. The molecule has 1 saturated heterocycles. The first kappa shape index (κ1) is 12.7. The summed E-state index contributed by atoms with van der Waals surface area (Å²) < 4.78 is 1.31. The van der Waals surface area contributed by atoms with Gasteiger partial charge in [-0.1, -0.05) is 12.1 Å². The van der Waals surface area contributed by atoms with Crippen LogP contribution in [-0.4, -0.2) is 35.1 Å². The lowest BCUT2D eigenvalue weighted by Gasteiger charge is -2.45. The van der Waals surface area contributed by atoms with Gasteiger partial charge in [0, 0.05) is 25.2 Å². The van der Waals surface area contributed by atoms with E-state index in [1.165, 1.54) is 22.5 Å². The molecule has 1 unspecified atom stereocenters. The highest BCUT2D eigenvalue weighted by atomic mass is 32.1. The molecule has 0 radical (unpaired) electrons. The highest BCUT2D eigenvalue weighted by Crippen LogP contribution is 2.44. The van der Waals surface area contributed by atoms with Gasteiger partial charge in [-0.2, -0.15) is 0 Å². The van der Waals surface area contributed by atoms with Crippen molar-refractivity contribution in [2.24, 2.45) is 5.92 Å². The lowest BCUT2D eigenvalue weighted by Crippen LogP contribution is -2.60. The standard InChI is InChI=1S/C16H21N3S/c1-16(12-6-7-12)11-17-8-9-19(16)10-15-18-13-4-2-3-5-14(13)20-15/h2-5,12,17H,6-11H2,1H3. The Labute approximate surface area is 124 Å². The molecular weight excluding hydrogens is 266 g/mol. The van der Waals surface area contributed by atoms with Crippen LogP contribution >= 0.6 is 11.3 Å². The van der Waals surface area contributed by atoms with Gasteiger partial charge in [0.25, 0.3) is 0 Å². The van der Waals surface area contributed by atoms with Gasteiger partial charge in [0.05, 0.1) is 16.8 Å². The maximum atomic E-state index is 4.81. The minimum atomic E-state index is 0.329. The number of fused-ring (bicyclic) bond motifs is 1. The van der Waals surface area contributed by atoms with Crippen LogP contribution in [0.5, 0.6) is 0 Å². The summed E-state index contributed by atoms with van der Waals surface area (Å²) in [6.07, 6.45) is 2.79. The van der Waals surface area contributed by atoms with Crippen molar-refractivity contribution in [3.63, 3.8) is 0 Å². The number of nitrogens with one attached hydrogen (secondary N) is 1. The van der Waals surface area contributed by atoms with E-state index < -0.39 is 0 Å². The molecule has 106 valence electrons. The Hall–Kier alpha value is -0.970. The molecule has 1 aliphatic carbocycles. The minimum absolute atomic E-state index is 0.329. The fraction of sp³-hybridized carbons (Fsp3) is 0.562. The van der Waals surface area contributed by atoms with Crippen molar-refractivity contribution < 1.29 is 0 Å². The Morgan fingerprint density at radius 1 is 1.40 bits per heavy atom. The van der Waals surface area contributed by atoms with E-state index in [9.17, 15) is 0 Å². The second kappa shape index (κ2) is 4.79. The summed E-state index contributed by atoms with van der Waals surface area (Å²) in [4.78, 5) is 7.47. The van der Waals surface area contributed by atoms with Crippen LogP contribution in [0.15, 0.2) is 24.3 Å². The Balaban J connectivity index is 1.60. The van der Waals surface area contributed by atoms with Gasteiger partial charge in [0.15, 0.2) is 0 Å². The molecular formula is C16H21N3S. The number of piperazine rings is 1. The van der Waals surface area contributed by atoms with Crippen LogP contribution in [0, 0.1) is 5.92 Å². The summed E-state index contributed by atoms with van der Waals surface area (Å²) in [6, 6.07) is 8.47. The van der Waals surface area contributed by atoms with E-state index in [4.69, 9.17) is 4.98 Å². The highest BCUT2D eigenvalue weighted by Gasteiger charge is 2.46. The molecule has 2 fully saturated rings. The number of thiazole rings is 1. The second-order valence-corrected chi connectivity index (χ2v) is 7.42. The van der Waals surface area contributed by atoms with Crippen molar-refractivity contribution in [3.05, 3.63) is 29.3 Å². The first-order valence-corrected chi connectivity index (χ1v) is 8.37. The van der Waals surface area contributed by atoms with Gasteiger partial charge in [-0.05, 0) is 37.8 Å². The molecule has 1 saturated carbocycles. The summed E-state index contributed by atoms with van der Waals surface area (Å²) in [5, 5.41) is 4.84. The lowest BCUT2D eigenvalue weighted by molar-refractivity contribution is 0.0484. The van der Waals surface area contributed by atoms with Crippen molar-refractivity contribution >= 4 is 21.6 Å². The first-order valence-electron chi connectivity index (χ1n) is 7.56. The molecule has 2 aliphatic rings. The molecule has 1 N–H and O–H groups in total. The molecule has 2 aromatic rings. The average molecular weight is 287 g/mol. The number of benzene rings is 1. The molecule has 1 aromatic carbocycles. The van der Waals surface area contributed by atoms with Crippen LogP contribution in [0.1, 0.15) is 24.8 Å². The third-order valence-corrected chi connectivity index (χ3v) is 5.91. The van der Waals surface area contributed by atoms with E-state index in [0.717, 1.165) is 37.6 Å². The maximum Gasteiger partial charge on any atom is 0.108 e. The largest absolute Gasteiger partial charge is 0.314 e. The van der Waals surface area contributed by atoms with Gasteiger partial charge in [-0.15, -0.1) is 11.3 Å². The SMILES string of the molecule is CC1(C2CC2)CNCCN1Cc1nc2ccccc2s1. The van der Waals surface area contributed by atoms with E-state index in [0.29, 0.717) is 5.54 Å². The molecule has 1 aliphatic heterocycles. The normalized spacial score (nSPS) is 28.1. The van der Waals surface area contributed by atoms with Gasteiger partial charge >= 0.3 is 0 Å². The van der Waals surface area contributed by atoms with Crippen molar-refractivity contribution in [1.29, 1.82) is 0 Å². The summed E-state index contributed by atoms with van der Waals surface area (Å²) in [7, 11) is 0. The van der Waals surface area contributed by atoms with Crippen molar-refractivity contribution in [1.82, 2.24) is 15.2 Å². The van der Waals surface area contributed by atoms with Gasteiger partial charge in [0.1, 0.15) is 5.01 Å². The van der Waals surface area contributed by atoms with Crippen LogP contribution < -0.4 is 5.32 Å². The average Bonchev–Trinajstić information content (AvgIpc) is 3.23. The molecule has 1 aromatic heterocycles. The van der Waals surface area contributed by atoms with Crippen molar-refractivity contribution in [3.8, 4) is 0 Å². The van der Waals surface area contributed by atoms with Crippen LogP contribution in [0.25, 0.3) is 10.2 Å². The predicted molar refractivity (Wildman–Crippen MR) is 84.0 cm³/mol. The second-order valence-electron chi connectivity index (χ2n) is 6.31. The number of nitrogens with zero attached hydrogens (tertiary/aromatic N) is 2. The monoisotopic (exact) mass is 287 g/mol. The zero-order chi connectivity index (χ0) is 13.6. The molecule has 4 rings (SSSR count). The van der Waals surface area contributed by atoms with Gasteiger partial charge in [-0.25, -0.2) is 4.98 Å². The molecule has 3 nitrogen and oxygen atoms in total. The zero-order valence-corrected chi connectivity index (χ0v) is 12.7. The van der Waals surface area contributed by atoms with Gasteiger partial charge in [0.2, 0.25) is 0 Å². The summed E-state index contributed by atoms with van der Waals surface area (Å²) in [5.41, 5.74) is 1.48. The highest BCUT2D eigenvalue weighted by molar-refractivity contribution is 7.18. The van der Waals surface area contributed by atoms with E-state index in [-0.39, 0.29) is 0 Å². The molecule has 0 amide bonds. The van der Waals surface area contributed by atoms with E-state index >= 15 is 0 Å². The Morgan fingerprint density at radius 2 is 2.25 bits per heavy atom. The predicted octanol–water partition coefficient (Wildman–Crippen LogP) is 2.87. The van der Waals surface area contributed by atoms with Crippen molar-refractivity contribution in [2.75, 3.05) is 19.6 Å². The number of aromatic nitrogens is 1. The van der Waals surface area contributed by atoms with Crippen LogP contribution in [-0.2, 0) is 6.54 Å². The number of para-hydroxylation sites is 1. The minimum Gasteiger partial charge on any atom is -0.314 e. The van der Waals surface area contributed by atoms with E-state index in [1.54, 1.807) is 0 Å². The first-order chi connectivity index (χ1) is 9.75. The Kier molecular flexibility index (Phi) is 3.05. The molecule has 20 heavy (non-hydrogen) atoms. The third-order valence-electron chi connectivity index (χ3n) is 4.88. The number of hydrogen-bond acceptors (Lipinski definition) is 4. The maximum absolute atomic E-state index is 4.81. The fourth-order valence-corrected chi connectivity index (χ4v) is 4.42. The van der Waals surface area contributed by atoms with Crippen molar-refractivity contribution in [2.45, 2.75) is 31.8 Å². The topological polar surface area (TPSA) is 28.2 Å². The van der Waals surface area contributed by atoms with E-state index in [1.807, 2.05) is 11.3 Å². The number of hydrogen-bond donors (Lipinski definition) is 1. The summed E-state index contributed by atoms with van der Waals surface area (Å²) in [6.45, 7) is 6.82. The van der Waals surface area contributed by atoms with E-state index in [2.05, 4.69) is 41.4 Å². The summed E-state index contributed by atoms with van der Waals surface area (Å²) in [5.74, 6) is 0.879. The number of rotatable bonds is 3. The fourth-order valence-electron chi connectivity index (χ4n) is 3.44. The summed E-state index contributed by atoms with van der Waals surface area (Å²) >= 11 is 1.85. The third kappa shape index (κ3) is 2.16. The van der Waals surface area contributed by atoms with Crippen LogP contribution in [0.4, 0.5) is 0 Å². The van der Waals surface area contributed by atoms with Gasteiger partial charge < -0.3 is 5.32 Å². The van der Waals surface area contributed by atoms with Crippen LogP contribution in [0.3, 0.4) is 0 Å². The molecule has 4 heteroatoms. The Morgan fingerprint density at radius 3 is 3.05 bits per heavy atom. The molecule has 2 heterocycles. The zero-order valence-electron chi connectivity index (χ0n) is 11.9.